The quantitative estimate of drug-likeness (QED) is 0.0380. The van der Waals surface area contributed by atoms with E-state index < -0.39 is 93.3 Å². The minimum atomic E-state index is -4.56. The molecule has 1 radical (unpaired) electrons. The highest BCUT2D eigenvalue weighted by atomic mass is 28.4. The molecule has 2 aromatic carbocycles. The Balaban J connectivity index is 2.04. The zero-order valence-corrected chi connectivity index (χ0v) is 35.0. The van der Waals surface area contributed by atoms with E-state index in [2.05, 4.69) is 41.5 Å². The van der Waals surface area contributed by atoms with Crippen LogP contribution in [0.25, 0.3) is 11.1 Å². The zero-order chi connectivity index (χ0) is 38.4. The summed E-state index contributed by atoms with van der Waals surface area (Å²) < 4.78 is 129. The number of halogens is 8. The summed E-state index contributed by atoms with van der Waals surface area (Å²) in [7, 11) is -6.32. The SMILES string of the molecule is CCC[Si](CCC)(CCC)CCCCCC[Si](CC[Si](CC)(CC)CC)(Oc1c(F)c(F)c2c(c1F)-c1c([c]c(F)c(F)c1F)C2(F)F)C(C)C. The van der Waals surface area contributed by atoms with Gasteiger partial charge in [-0.2, -0.15) is 13.2 Å². The Labute approximate surface area is 304 Å². The van der Waals surface area contributed by atoms with Crippen LogP contribution in [0.4, 0.5) is 35.1 Å². The molecule has 0 amide bonds. The van der Waals surface area contributed by atoms with Crippen LogP contribution in [0.2, 0.25) is 66.0 Å². The van der Waals surface area contributed by atoms with E-state index >= 15 is 26.3 Å². The second kappa shape index (κ2) is 18.1. The molecule has 1 atom stereocenters. The molecule has 0 fully saturated rings. The molecule has 1 unspecified atom stereocenters. The summed E-state index contributed by atoms with van der Waals surface area (Å²) in [4.78, 5) is 0. The van der Waals surface area contributed by atoms with Crippen LogP contribution in [0.15, 0.2) is 0 Å². The van der Waals surface area contributed by atoms with Gasteiger partial charge in [-0.15, -0.1) is 0 Å². The predicted octanol–water partition coefficient (Wildman–Crippen LogP) is 14.9. The van der Waals surface area contributed by atoms with Crippen molar-refractivity contribution in [3.63, 3.8) is 0 Å². The van der Waals surface area contributed by atoms with E-state index in [0.717, 1.165) is 49.9 Å². The van der Waals surface area contributed by atoms with Gasteiger partial charge in [-0.05, 0) is 17.6 Å². The average Bonchev–Trinajstić information content (AvgIpc) is 3.33. The predicted molar refractivity (Wildman–Crippen MR) is 201 cm³/mol. The lowest BCUT2D eigenvalue weighted by Gasteiger charge is -2.39. The first kappa shape index (κ1) is 43.7. The summed E-state index contributed by atoms with van der Waals surface area (Å²) in [6.45, 7) is 17.2. The summed E-state index contributed by atoms with van der Waals surface area (Å²) in [6, 6.07) is 11.7. The summed E-state index contributed by atoms with van der Waals surface area (Å²) in [6.07, 6.45) is 7.41. The maximum Gasteiger partial charge on any atom is 0.303 e. The molecular formula is C39H59F8OSi3. The first-order valence-electron chi connectivity index (χ1n) is 19.4. The maximum atomic E-state index is 16.5. The van der Waals surface area contributed by atoms with Crippen molar-refractivity contribution in [2.75, 3.05) is 0 Å². The zero-order valence-electron chi connectivity index (χ0n) is 32.0. The molecule has 289 valence electrons. The molecule has 51 heavy (non-hydrogen) atoms. The Kier molecular flexibility index (Phi) is 15.5. The third kappa shape index (κ3) is 8.84. The van der Waals surface area contributed by atoms with Crippen LogP contribution in [-0.2, 0) is 5.92 Å². The monoisotopic (exact) mass is 779 g/mol. The third-order valence-electron chi connectivity index (χ3n) is 12.3. The van der Waals surface area contributed by atoms with Gasteiger partial charge in [0.1, 0.15) is 0 Å². The van der Waals surface area contributed by atoms with Crippen LogP contribution in [0, 0.1) is 41.0 Å². The van der Waals surface area contributed by atoms with E-state index in [9.17, 15) is 8.78 Å². The molecule has 1 nitrogen and oxygen atoms in total. The van der Waals surface area contributed by atoms with Crippen LogP contribution in [0.3, 0.4) is 0 Å². The van der Waals surface area contributed by atoms with Crippen LogP contribution in [0.5, 0.6) is 5.75 Å². The van der Waals surface area contributed by atoms with E-state index in [0.29, 0.717) is 12.1 Å². The van der Waals surface area contributed by atoms with Gasteiger partial charge in [0.05, 0.1) is 21.7 Å². The fourth-order valence-corrected chi connectivity index (χ4v) is 24.2. The number of hydrogen-bond acceptors (Lipinski definition) is 1. The highest BCUT2D eigenvalue weighted by Crippen LogP contribution is 2.56. The second-order valence-corrected chi connectivity index (χ2v) is 30.6. The average molecular weight is 780 g/mol. The van der Waals surface area contributed by atoms with E-state index in [1.807, 2.05) is 13.8 Å². The summed E-state index contributed by atoms with van der Waals surface area (Å²) >= 11 is 0. The largest absolute Gasteiger partial charge is 0.539 e. The normalized spacial score (nSPS) is 15.3. The Morgan fingerprint density at radius 1 is 0.569 bits per heavy atom. The molecule has 0 saturated carbocycles. The lowest BCUT2D eigenvalue weighted by molar-refractivity contribution is 0.0422. The van der Waals surface area contributed by atoms with Crippen molar-refractivity contribution in [3.05, 3.63) is 52.1 Å². The minimum absolute atomic E-state index is 0.186. The molecule has 0 N–H and O–H groups in total. The van der Waals surface area contributed by atoms with Crippen molar-refractivity contribution >= 4 is 24.5 Å². The molecule has 0 bridgehead atoms. The topological polar surface area (TPSA) is 9.23 Å². The molecule has 2 aromatic rings. The highest BCUT2D eigenvalue weighted by molar-refractivity contribution is 6.83. The minimum Gasteiger partial charge on any atom is -0.539 e. The molecule has 0 saturated heterocycles. The van der Waals surface area contributed by atoms with Crippen LogP contribution in [-0.4, -0.2) is 24.5 Å². The maximum absolute atomic E-state index is 16.5. The van der Waals surface area contributed by atoms with Crippen molar-refractivity contribution in [3.8, 4) is 16.9 Å². The lowest BCUT2D eigenvalue weighted by Crippen LogP contribution is -2.47. The van der Waals surface area contributed by atoms with Crippen molar-refractivity contribution in [1.82, 2.24) is 0 Å². The van der Waals surface area contributed by atoms with E-state index in [1.165, 1.54) is 49.5 Å². The van der Waals surface area contributed by atoms with E-state index in [4.69, 9.17) is 4.43 Å². The number of fused-ring (bicyclic) bond motifs is 3. The number of rotatable bonds is 22. The Morgan fingerprint density at radius 3 is 1.59 bits per heavy atom. The molecule has 1 aliphatic rings. The van der Waals surface area contributed by atoms with Gasteiger partial charge in [-0.1, -0.05) is 149 Å². The van der Waals surface area contributed by atoms with Gasteiger partial charge < -0.3 is 4.43 Å². The highest BCUT2D eigenvalue weighted by Gasteiger charge is 2.54. The summed E-state index contributed by atoms with van der Waals surface area (Å²) in [5.74, 6) is -17.9. The van der Waals surface area contributed by atoms with Gasteiger partial charge in [0.15, 0.2) is 34.8 Å². The third-order valence-corrected chi connectivity index (χ3v) is 29.8. The lowest BCUT2D eigenvalue weighted by atomic mass is 10.0. The van der Waals surface area contributed by atoms with Crippen LogP contribution >= 0.6 is 0 Å². The van der Waals surface area contributed by atoms with E-state index in [-0.39, 0.29) is 5.54 Å². The number of hydrogen-bond donors (Lipinski definition) is 0. The Morgan fingerprint density at radius 2 is 1.10 bits per heavy atom. The van der Waals surface area contributed by atoms with Crippen molar-refractivity contribution in [1.29, 1.82) is 0 Å². The van der Waals surface area contributed by atoms with Gasteiger partial charge in [0.2, 0.25) is 5.82 Å². The first-order valence-corrected chi connectivity index (χ1v) is 27.4. The molecular weight excluding hydrogens is 721 g/mol. The van der Waals surface area contributed by atoms with Gasteiger partial charge in [-0.3, -0.25) is 0 Å². The standard InChI is InChI=1S/C39H59F8OSi3/c1-9-19-50(20-10-2,21-11-3)22-17-15-16-18-23-51(27(7)8,25-24-49(12-4,13-5)14-6)48-38-35(43)31-30-28(26-29(40)33(41)34(30)42)39(46,47)32(31)36(44)37(38)45/h27H,9-25H2,1-8H3. The Bertz CT molecular complexity index is 1450. The molecule has 0 heterocycles. The van der Waals surface area contributed by atoms with Crippen LogP contribution < -0.4 is 4.43 Å². The molecule has 0 spiro atoms. The molecule has 0 aliphatic heterocycles. The molecule has 3 rings (SSSR count). The van der Waals surface area contributed by atoms with Crippen molar-refractivity contribution in [2.45, 2.75) is 172 Å². The van der Waals surface area contributed by atoms with Crippen molar-refractivity contribution in [2.24, 2.45) is 0 Å². The fraction of sp³-hybridized carbons (Fsp3) is 0.692. The number of benzene rings is 2. The number of unbranched alkanes of at least 4 members (excludes halogenated alkanes) is 3. The van der Waals surface area contributed by atoms with Gasteiger partial charge >= 0.3 is 5.92 Å². The fourth-order valence-electron chi connectivity index (χ4n) is 8.90. The number of alkyl halides is 2. The first-order chi connectivity index (χ1) is 24.0. The molecule has 1 aliphatic carbocycles. The Hall–Kier alpha value is -1.67. The second-order valence-electron chi connectivity index (χ2n) is 15.5. The van der Waals surface area contributed by atoms with Gasteiger partial charge in [0, 0.05) is 22.8 Å². The van der Waals surface area contributed by atoms with Crippen LogP contribution in [0.1, 0.15) is 111 Å². The molecule has 0 aromatic heterocycles. The molecule has 12 heteroatoms. The summed E-state index contributed by atoms with van der Waals surface area (Å²) in [5.41, 5.74) is -6.28. The van der Waals surface area contributed by atoms with E-state index in [1.54, 1.807) is 0 Å². The summed E-state index contributed by atoms with van der Waals surface area (Å²) in [5, 5.41) is 0. The van der Waals surface area contributed by atoms with Gasteiger partial charge in [-0.25, -0.2) is 22.0 Å². The van der Waals surface area contributed by atoms with Gasteiger partial charge in [0.25, 0.3) is 8.32 Å². The smallest absolute Gasteiger partial charge is 0.303 e. The van der Waals surface area contributed by atoms with Crippen molar-refractivity contribution < 1.29 is 39.5 Å².